The van der Waals surface area contributed by atoms with Gasteiger partial charge in [-0.2, -0.15) is 4.99 Å². The maximum Gasteiger partial charge on any atom is 0.248 e. The molecule has 0 unspecified atom stereocenters. The second-order valence-corrected chi connectivity index (χ2v) is 6.53. The molecule has 3 aromatic rings. The van der Waals surface area contributed by atoms with E-state index in [2.05, 4.69) is 4.99 Å². The van der Waals surface area contributed by atoms with Crippen LogP contribution in [0.2, 0.25) is 0 Å². The number of benzene rings is 1. The molecule has 5 heteroatoms. The fraction of sp³-hybridized carbons (Fsp3) is 0.150. The van der Waals surface area contributed by atoms with Crippen molar-refractivity contribution in [2.45, 2.75) is 19.4 Å². The number of aromatic nitrogens is 1. The van der Waals surface area contributed by atoms with Crippen LogP contribution in [0.15, 0.2) is 77.2 Å². The molecule has 3 rings (SSSR count). The zero-order chi connectivity index (χ0) is 17.5. The molecular formula is C20H18N2O2S. The molecule has 0 atom stereocenters. The topological polar surface area (TPSA) is 51.4 Å². The van der Waals surface area contributed by atoms with Crippen LogP contribution in [0.1, 0.15) is 28.1 Å². The molecule has 0 aliphatic carbocycles. The molecule has 2 aromatic heterocycles. The van der Waals surface area contributed by atoms with Gasteiger partial charge in [-0.15, -0.1) is 11.3 Å². The van der Waals surface area contributed by atoms with Crippen LogP contribution in [0.5, 0.6) is 0 Å². The minimum atomic E-state index is -0.280. The van der Waals surface area contributed by atoms with Gasteiger partial charge in [0.05, 0.1) is 4.88 Å². The highest BCUT2D eigenvalue weighted by Crippen LogP contribution is 2.12. The Hall–Kier alpha value is -2.79. The first-order chi connectivity index (χ1) is 12.2. The third-order valence-corrected chi connectivity index (χ3v) is 4.62. The standard InChI is InChI=1S/C20H18N2O2S/c23-17(18-9-6-14-25-18)11-12-20(24)21-19-10-4-5-13-22(19)15-16-7-2-1-3-8-16/h1-10,13-14H,11-12,15H2. The number of thiophene rings is 1. The van der Waals surface area contributed by atoms with E-state index in [1.807, 2.05) is 70.7 Å². The number of hydrogen-bond acceptors (Lipinski definition) is 3. The number of Topliss-reactive ketones (excluding diaryl/α,β-unsaturated/α-hetero) is 1. The number of ketones is 1. The van der Waals surface area contributed by atoms with Crippen LogP contribution in [-0.2, 0) is 11.3 Å². The average molecular weight is 350 g/mol. The second kappa shape index (κ2) is 8.35. The molecule has 0 fully saturated rings. The first-order valence-corrected chi connectivity index (χ1v) is 8.94. The van der Waals surface area contributed by atoms with Gasteiger partial charge in [0.15, 0.2) is 5.78 Å². The maximum absolute atomic E-state index is 12.2. The second-order valence-electron chi connectivity index (χ2n) is 5.58. The number of carbonyl (C=O) groups is 2. The van der Waals surface area contributed by atoms with Crippen molar-refractivity contribution in [2.75, 3.05) is 0 Å². The van der Waals surface area contributed by atoms with Crippen LogP contribution >= 0.6 is 11.3 Å². The number of nitrogens with zero attached hydrogens (tertiary/aromatic N) is 2. The first kappa shape index (κ1) is 17.0. The quantitative estimate of drug-likeness (QED) is 0.637. The van der Waals surface area contributed by atoms with E-state index in [1.54, 1.807) is 6.07 Å². The summed E-state index contributed by atoms with van der Waals surface area (Å²) < 4.78 is 1.92. The van der Waals surface area contributed by atoms with E-state index >= 15 is 0 Å². The SMILES string of the molecule is O=C(CCC(=O)c1cccs1)N=c1ccccn1Cc1ccccc1. The van der Waals surface area contributed by atoms with Crippen molar-refractivity contribution in [3.63, 3.8) is 0 Å². The lowest BCUT2D eigenvalue weighted by atomic mass is 10.2. The highest BCUT2D eigenvalue weighted by atomic mass is 32.1. The van der Waals surface area contributed by atoms with Crippen LogP contribution < -0.4 is 5.49 Å². The highest BCUT2D eigenvalue weighted by molar-refractivity contribution is 7.12. The van der Waals surface area contributed by atoms with Crippen LogP contribution in [0, 0.1) is 0 Å². The van der Waals surface area contributed by atoms with E-state index in [-0.39, 0.29) is 24.5 Å². The molecule has 1 amide bonds. The van der Waals surface area contributed by atoms with Crippen LogP contribution in [-0.4, -0.2) is 16.3 Å². The van der Waals surface area contributed by atoms with Crippen molar-refractivity contribution >= 4 is 23.0 Å². The monoisotopic (exact) mass is 350 g/mol. The van der Waals surface area contributed by atoms with Gasteiger partial charge in [0.1, 0.15) is 5.49 Å². The number of carbonyl (C=O) groups excluding carboxylic acids is 2. The van der Waals surface area contributed by atoms with Crippen LogP contribution in [0.4, 0.5) is 0 Å². The van der Waals surface area contributed by atoms with E-state index < -0.39 is 0 Å². The van der Waals surface area contributed by atoms with Gasteiger partial charge in [-0.25, -0.2) is 0 Å². The Morgan fingerprint density at radius 1 is 0.920 bits per heavy atom. The number of pyridine rings is 1. The number of rotatable bonds is 6. The van der Waals surface area contributed by atoms with Crippen molar-refractivity contribution in [3.8, 4) is 0 Å². The maximum atomic E-state index is 12.2. The lowest BCUT2D eigenvalue weighted by Gasteiger charge is -2.07. The molecule has 0 saturated heterocycles. The normalized spacial score (nSPS) is 11.4. The molecule has 1 aromatic carbocycles. The molecule has 25 heavy (non-hydrogen) atoms. The van der Waals surface area contributed by atoms with Crippen molar-refractivity contribution in [2.24, 2.45) is 4.99 Å². The minimum absolute atomic E-state index is 0.0104. The molecule has 126 valence electrons. The lowest BCUT2D eigenvalue weighted by molar-refractivity contribution is -0.118. The fourth-order valence-electron chi connectivity index (χ4n) is 2.45. The molecule has 4 nitrogen and oxygen atoms in total. The van der Waals surface area contributed by atoms with Gasteiger partial charge in [0.2, 0.25) is 5.91 Å². The summed E-state index contributed by atoms with van der Waals surface area (Å²) in [5.41, 5.74) is 1.73. The largest absolute Gasteiger partial charge is 0.329 e. The number of hydrogen-bond donors (Lipinski definition) is 0. The van der Waals surface area contributed by atoms with Gasteiger partial charge in [-0.3, -0.25) is 9.59 Å². The summed E-state index contributed by atoms with van der Waals surface area (Å²) in [6.07, 6.45) is 2.21. The molecule has 0 bridgehead atoms. The molecule has 0 radical (unpaired) electrons. The van der Waals surface area contributed by atoms with Crippen molar-refractivity contribution in [1.82, 2.24) is 4.57 Å². The van der Waals surface area contributed by atoms with Gasteiger partial charge in [0, 0.05) is 25.6 Å². The Kier molecular flexibility index (Phi) is 5.69. The highest BCUT2D eigenvalue weighted by Gasteiger charge is 2.09. The summed E-state index contributed by atoms with van der Waals surface area (Å²) in [5.74, 6) is -0.290. The smallest absolute Gasteiger partial charge is 0.248 e. The van der Waals surface area contributed by atoms with Crippen molar-refractivity contribution < 1.29 is 9.59 Å². The summed E-state index contributed by atoms with van der Waals surface area (Å²) in [4.78, 5) is 29.0. The summed E-state index contributed by atoms with van der Waals surface area (Å²) in [7, 11) is 0. The summed E-state index contributed by atoms with van der Waals surface area (Å²) in [6, 6.07) is 19.2. The van der Waals surface area contributed by atoms with E-state index in [4.69, 9.17) is 0 Å². The molecule has 0 aliphatic rings. The van der Waals surface area contributed by atoms with Crippen molar-refractivity contribution in [1.29, 1.82) is 0 Å². The van der Waals surface area contributed by atoms with Crippen LogP contribution in [0.25, 0.3) is 0 Å². The Balaban J connectivity index is 1.70. The fourth-order valence-corrected chi connectivity index (χ4v) is 3.14. The van der Waals surface area contributed by atoms with Gasteiger partial charge in [0.25, 0.3) is 0 Å². The molecule has 0 N–H and O–H groups in total. The molecule has 0 aliphatic heterocycles. The third kappa shape index (κ3) is 4.84. The lowest BCUT2D eigenvalue weighted by Crippen LogP contribution is -2.22. The predicted octanol–water partition coefficient (Wildman–Crippen LogP) is 3.69. The number of amides is 1. The Bertz CT molecular complexity index is 912. The Labute approximate surface area is 150 Å². The molecular weight excluding hydrogens is 332 g/mol. The van der Waals surface area contributed by atoms with Gasteiger partial charge in [-0.05, 0) is 29.1 Å². The van der Waals surface area contributed by atoms with Gasteiger partial charge >= 0.3 is 0 Å². The van der Waals surface area contributed by atoms with E-state index in [0.717, 1.165) is 5.56 Å². The van der Waals surface area contributed by atoms with E-state index in [0.29, 0.717) is 16.9 Å². The predicted molar refractivity (Wildman–Crippen MR) is 98.4 cm³/mol. The molecule has 0 spiro atoms. The summed E-state index contributed by atoms with van der Waals surface area (Å²) >= 11 is 1.39. The van der Waals surface area contributed by atoms with E-state index in [9.17, 15) is 9.59 Å². The summed E-state index contributed by atoms with van der Waals surface area (Å²) in [5, 5.41) is 1.86. The Morgan fingerprint density at radius 2 is 1.72 bits per heavy atom. The molecule has 0 saturated carbocycles. The van der Waals surface area contributed by atoms with Crippen LogP contribution in [0.3, 0.4) is 0 Å². The van der Waals surface area contributed by atoms with Gasteiger partial charge < -0.3 is 4.57 Å². The zero-order valence-corrected chi connectivity index (χ0v) is 14.5. The zero-order valence-electron chi connectivity index (χ0n) is 13.7. The summed E-state index contributed by atoms with van der Waals surface area (Å²) in [6.45, 7) is 0.641. The van der Waals surface area contributed by atoms with E-state index in [1.165, 1.54) is 11.3 Å². The van der Waals surface area contributed by atoms with Gasteiger partial charge in [-0.1, -0.05) is 42.5 Å². The first-order valence-electron chi connectivity index (χ1n) is 8.06. The average Bonchev–Trinajstić information content (AvgIpc) is 3.17. The minimum Gasteiger partial charge on any atom is -0.329 e. The molecule has 2 heterocycles. The third-order valence-electron chi connectivity index (χ3n) is 3.71. The van der Waals surface area contributed by atoms with Crippen molar-refractivity contribution in [3.05, 3.63) is 88.2 Å². The Morgan fingerprint density at radius 3 is 2.48 bits per heavy atom.